The maximum absolute atomic E-state index is 2.54. The van der Waals surface area contributed by atoms with Crippen LogP contribution in [0.4, 0.5) is 102 Å². The summed E-state index contributed by atoms with van der Waals surface area (Å²) in [5.41, 5.74) is 33.6. The standard InChI is InChI=1S/C78H50B2N6/c1-7-26-55(27-8-1)81-61-38-20-42-65-73(61)79-74-62(81)39-21-43-66(74)84(58-32-13-4-14-33-58)70-48-53(47-69(77(70)79)83(65)57-30-11-3-12-31-57)51-24-19-25-52(46-51)54-49-71-78-72(50-54)86(60-36-17-6-18-37-60)68-45-23-41-64-76(68)80(78)75-63(82(64)56-28-9-2-10-29-56)40-22-44-67(75)85(71)59-34-15-5-16-35-59/h1-50H. The fourth-order valence-electron chi connectivity index (χ4n) is 15.5. The third-order valence-corrected chi connectivity index (χ3v) is 18.8. The van der Waals surface area contributed by atoms with E-state index < -0.39 is 0 Å². The molecule has 6 aliphatic heterocycles. The summed E-state index contributed by atoms with van der Waals surface area (Å²) in [6.45, 7) is -0.0310. The van der Waals surface area contributed by atoms with Gasteiger partial charge in [0.1, 0.15) is 0 Å². The van der Waals surface area contributed by atoms with Gasteiger partial charge in [-0.25, -0.2) is 0 Å². The van der Waals surface area contributed by atoms with Crippen LogP contribution in [0.2, 0.25) is 0 Å². The minimum Gasteiger partial charge on any atom is -0.311 e. The van der Waals surface area contributed by atoms with Crippen LogP contribution in [0.1, 0.15) is 0 Å². The molecule has 0 saturated heterocycles. The van der Waals surface area contributed by atoms with E-state index in [-0.39, 0.29) is 13.4 Å². The number of benzene rings is 13. The summed E-state index contributed by atoms with van der Waals surface area (Å²) in [4.78, 5) is 15.1. The van der Waals surface area contributed by atoms with E-state index in [9.17, 15) is 0 Å². The smallest absolute Gasteiger partial charge is 0.257 e. The molecule has 13 aromatic carbocycles. The Balaban J connectivity index is 0.850. The predicted octanol–water partition coefficient (Wildman–Crippen LogP) is 16.8. The quantitative estimate of drug-likeness (QED) is 0.140. The normalized spacial score (nSPS) is 13.9. The zero-order chi connectivity index (χ0) is 56.1. The molecule has 0 bridgehead atoms. The first-order valence-corrected chi connectivity index (χ1v) is 29.8. The first-order chi connectivity index (χ1) is 42.7. The van der Waals surface area contributed by atoms with E-state index >= 15 is 0 Å². The van der Waals surface area contributed by atoms with Crippen LogP contribution in [0.3, 0.4) is 0 Å². The van der Waals surface area contributed by atoms with Gasteiger partial charge < -0.3 is 29.4 Å². The molecule has 0 radical (unpaired) electrons. The molecule has 0 spiro atoms. The Bertz CT molecular complexity index is 4380. The predicted molar refractivity (Wildman–Crippen MR) is 362 cm³/mol. The summed E-state index contributed by atoms with van der Waals surface area (Å²) in [7, 11) is 0. The van der Waals surface area contributed by atoms with Gasteiger partial charge >= 0.3 is 0 Å². The Morgan fingerprint density at radius 2 is 0.337 bits per heavy atom. The molecular formula is C78H50B2N6. The number of hydrogen-bond acceptors (Lipinski definition) is 6. The number of nitrogens with zero attached hydrogens (tertiary/aromatic N) is 6. The van der Waals surface area contributed by atoms with Crippen LogP contribution in [-0.2, 0) is 0 Å². The lowest BCUT2D eigenvalue weighted by Crippen LogP contribution is -2.64. The molecule has 19 rings (SSSR count). The highest BCUT2D eigenvalue weighted by Crippen LogP contribution is 2.54. The molecule has 0 saturated carbocycles. The summed E-state index contributed by atoms with van der Waals surface area (Å²) < 4.78 is 0. The first-order valence-electron chi connectivity index (χ1n) is 29.8. The topological polar surface area (TPSA) is 19.4 Å². The summed E-state index contributed by atoms with van der Waals surface area (Å²) in [5, 5.41) is 0. The average molecular weight is 1090 g/mol. The van der Waals surface area contributed by atoms with Gasteiger partial charge in [0.2, 0.25) is 0 Å². The Morgan fingerprint density at radius 1 is 0.151 bits per heavy atom. The second-order valence-electron chi connectivity index (χ2n) is 23.2. The molecule has 0 fully saturated rings. The van der Waals surface area contributed by atoms with Crippen molar-refractivity contribution >= 4 is 149 Å². The summed E-state index contributed by atoms with van der Waals surface area (Å²) in [6, 6.07) is 113. The highest BCUT2D eigenvalue weighted by Gasteiger charge is 2.51. The van der Waals surface area contributed by atoms with Crippen LogP contribution in [0.25, 0.3) is 22.3 Å². The molecule has 6 aliphatic rings. The van der Waals surface area contributed by atoms with Gasteiger partial charge in [-0.15, -0.1) is 0 Å². The number of para-hydroxylation sites is 6. The van der Waals surface area contributed by atoms with Gasteiger partial charge in [0, 0.05) is 102 Å². The number of rotatable bonds is 8. The van der Waals surface area contributed by atoms with Crippen molar-refractivity contribution in [1.29, 1.82) is 0 Å². The van der Waals surface area contributed by atoms with E-state index in [0.717, 1.165) is 56.4 Å². The second-order valence-corrected chi connectivity index (χ2v) is 23.2. The zero-order valence-electron chi connectivity index (χ0n) is 46.7. The van der Waals surface area contributed by atoms with Gasteiger partial charge in [-0.2, -0.15) is 0 Å². The molecule has 6 nitrogen and oxygen atoms in total. The van der Waals surface area contributed by atoms with Crippen molar-refractivity contribution < 1.29 is 0 Å². The zero-order valence-corrected chi connectivity index (χ0v) is 46.7. The van der Waals surface area contributed by atoms with E-state index in [2.05, 4.69) is 333 Å². The molecule has 8 heteroatoms. The van der Waals surface area contributed by atoms with Crippen molar-refractivity contribution in [2.24, 2.45) is 0 Å². The third kappa shape index (κ3) is 6.58. The van der Waals surface area contributed by atoms with Crippen LogP contribution in [0.5, 0.6) is 0 Å². The SMILES string of the molecule is c1ccc(N2c3cccc4c3B3c5c2cccc5N(c2ccccc2)c2cc(-c5cccc(-c6cc7c8c(c6)N(c6ccccc6)c6cccc9c6B8c6c(cccc6N7c6ccccc6)N9c6ccccc6)c5)cc(c23)N4c2ccccc2)cc1. The lowest BCUT2D eigenvalue weighted by atomic mass is 9.31. The van der Waals surface area contributed by atoms with Gasteiger partial charge in [-0.05, 0) is 207 Å². The monoisotopic (exact) mass is 1090 g/mol. The Hall–Kier alpha value is -11.2. The van der Waals surface area contributed by atoms with E-state index in [4.69, 9.17) is 0 Å². The van der Waals surface area contributed by atoms with E-state index in [1.807, 2.05) is 0 Å². The van der Waals surface area contributed by atoms with Crippen molar-refractivity contribution in [2.75, 3.05) is 29.4 Å². The molecule has 0 N–H and O–H groups in total. The Labute approximate surface area is 500 Å². The summed E-state index contributed by atoms with van der Waals surface area (Å²) in [6.07, 6.45) is 0. The molecule has 0 aliphatic carbocycles. The van der Waals surface area contributed by atoms with Gasteiger partial charge in [-0.1, -0.05) is 152 Å². The molecule has 0 unspecified atom stereocenters. The van der Waals surface area contributed by atoms with E-state index in [0.29, 0.717) is 0 Å². The largest absolute Gasteiger partial charge is 0.311 e. The van der Waals surface area contributed by atoms with Gasteiger partial charge in [0.15, 0.2) is 0 Å². The van der Waals surface area contributed by atoms with Crippen molar-refractivity contribution in [3.63, 3.8) is 0 Å². The molecular weight excluding hydrogens is 1040 g/mol. The van der Waals surface area contributed by atoms with E-state index in [1.165, 1.54) is 101 Å². The summed E-state index contributed by atoms with van der Waals surface area (Å²) in [5.74, 6) is 0. The fourth-order valence-corrected chi connectivity index (χ4v) is 15.5. The van der Waals surface area contributed by atoms with Crippen LogP contribution >= 0.6 is 0 Å². The number of hydrogen-bond donors (Lipinski definition) is 0. The molecule has 0 amide bonds. The Morgan fingerprint density at radius 3 is 0.558 bits per heavy atom. The van der Waals surface area contributed by atoms with E-state index in [1.54, 1.807) is 0 Å². The lowest BCUT2D eigenvalue weighted by Gasteiger charge is -2.49. The van der Waals surface area contributed by atoms with Gasteiger partial charge in [-0.3, -0.25) is 0 Å². The summed E-state index contributed by atoms with van der Waals surface area (Å²) >= 11 is 0. The maximum atomic E-state index is 2.54. The van der Waals surface area contributed by atoms with Crippen LogP contribution in [0.15, 0.2) is 303 Å². The van der Waals surface area contributed by atoms with Crippen LogP contribution < -0.4 is 62.2 Å². The van der Waals surface area contributed by atoms with Crippen molar-refractivity contribution in [3.8, 4) is 22.3 Å². The minimum absolute atomic E-state index is 0.0155. The molecule has 398 valence electrons. The second kappa shape index (κ2) is 18.1. The third-order valence-electron chi connectivity index (χ3n) is 18.8. The first kappa shape index (κ1) is 47.3. The van der Waals surface area contributed by atoms with Crippen molar-refractivity contribution in [1.82, 2.24) is 0 Å². The lowest BCUT2D eigenvalue weighted by molar-refractivity contribution is 1.22. The highest BCUT2D eigenvalue weighted by atomic mass is 15.2. The average Bonchev–Trinajstić information content (AvgIpc) is 0.714. The number of anilines is 18. The van der Waals surface area contributed by atoms with Crippen LogP contribution in [-0.4, -0.2) is 13.4 Å². The van der Waals surface area contributed by atoms with Crippen LogP contribution in [0, 0.1) is 0 Å². The van der Waals surface area contributed by atoms with Gasteiger partial charge in [0.05, 0.1) is 0 Å². The minimum atomic E-state index is -0.0155. The fraction of sp³-hybridized carbons (Fsp3) is 0. The molecule has 6 heterocycles. The molecule has 86 heavy (non-hydrogen) atoms. The Kier molecular flexibility index (Phi) is 9.98. The highest BCUT2D eigenvalue weighted by molar-refractivity contribution is 7.03. The van der Waals surface area contributed by atoms with Crippen molar-refractivity contribution in [2.45, 2.75) is 0 Å². The van der Waals surface area contributed by atoms with Gasteiger partial charge in [0.25, 0.3) is 13.4 Å². The van der Waals surface area contributed by atoms with Crippen molar-refractivity contribution in [3.05, 3.63) is 303 Å². The molecule has 0 atom stereocenters. The maximum Gasteiger partial charge on any atom is 0.257 e. The molecule has 13 aromatic rings. The molecule has 0 aromatic heterocycles.